The fourth-order valence-electron chi connectivity index (χ4n) is 7.04. The van der Waals surface area contributed by atoms with Gasteiger partial charge in [-0.15, -0.1) is 0 Å². The van der Waals surface area contributed by atoms with Crippen LogP contribution in [0.5, 0.6) is 0 Å². The van der Waals surface area contributed by atoms with E-state index >= 15 is 0 Å². The Balaban J connectivity index is 1.30. The first-order valence-corrected chi connectivity index (χ1v) is 15.4. The van der Waals surface area contributed by atoms with Crippen LogP contribution >= 0.6 is 15.9 Å². The number of nitrogens with one attached hydrogen (secondary N) is 3. The first-order chi connectivity index (χ1) is 19.3. The number of amides is 4. The third kappa shape index (κ3) is 5.62. The zero-order valence-corrected chi connectivity index (χ0v) is 26.0. The minimum absolute atomic E-state index is 0.0277. The number of carbonyl (C=O) groups excluding carboxylic acids is 4. The summed E-state index contributed by atoms with van der Waals surface area (Å²) in [6.07, 6.45) is 1.60. The molecule has 2 aliphatic heterocycles. The lowest BCUT2D eigenvalue weighted by Crippen LogP contribution is -2.60. The highest BCUT2D eigenvalue weighted by Gasteiger charge is 2.70. The van der Waals surface area contributed by atoms with Crippen molar-refractivity contribution in [2.45, 2.75) is 77.9 Å². The molecule has 2 heterocycles. The van der Waals surface area contributed by atoms with Crippen LogP contribution in [-0.4, -0.2) is 59.7 Å². The second-order valence-corrected chi connectivity index (χ2v) is 14.7. The van der Waals surface area contributed by atoms with Crippen LogP contribution in [0, 0.1) is 45.8 Å². The van der Waals surface area contributed by atoms with Gasteiger partial charge in [0.25, 0.3) is 0 Å². The van der Waals surface area contributed by atoms with Crippen LogP contribution in [0.25, 0.3) is 0 Å². The molecule has 10 heteroatoms. The summed E-state index contributed by atoms with van der Waals surface area (Å²) in [5, 5.41) is 18.4. The molecule has 2 saturated carbocycles. The zero-order chi connectivity index (χ0) is 29.9. The SMILES string of the molecule is CC(C)(C)C(NC(=O)C1CC1c1ccccc1Br)C(=O)N1CC2C(C1C(=O)NC(C#N)CC1CCNC1=O)C2(C)C. The Morgan fingerprint density at radius 1 is 1.20 bits per heavy atom. The van der Waals surface area contributed by atoms with E-state index in [-0.39, 0.29) is 65.1 Å². The molecule has 2 aliphatic carbocycles. The first-order valence-electron chi connectivity index (χ1n) is 14.6. The van der Waals surface area contributed by atoms with Gasteiger partial charge in [0.05, 0.1) is 6.07 Å². The number of hydrogen-bond acceptors (Lipinski definition) is 5. The van der Waals surface area contributed by atoms with Gasteiger partial charge in [-0.05, 0) is 59.5 Å². The van der Waals surface area contributed by atoms with Gasteiger partial charge in [-0.1, -0.05) is 68.7 Å². The molecule has 220 valence electrons. The number of carbonyl (C=O) groups is 4. The van der Waals surface area contributed by atoms with Crippen molar-refractivity contribution in [1.82, 2.24) is 20.9 Å². The summed E-state index contributed by atoms with van der Waals surface area (Å²) >= 11 is 3.58. The maximum Gasteiger partial charge on any atom is 0.246 e. The summed E-state index contributed by atoms with van der Waals surface area (Å²) in [5.41, 5.74) is 0.405. The van der Waals surface area contributed by atoms with Crippen LogP contribution in [0.15, 0.2) is 28.7 Å². The van der Waals surface area contributed by atoms with Gasteiger partial charge in [-0.25, -0.2) is 0 Å². The Bertz CT molecular complexity index is 1300. The van der Waals surface area contributed by atoms with Crippen molar-refractivity contribution in [3.8, 4) is 6.07 Å². The average molecular weight is 627 g/mol. The predicted octanol–water partition coefficient (Wildman–Crippen LogP) is 3.10. The first kappa shape index (κ1) is 29.6. The molecule has 4 aliphatic rings. The van der Waals surface area contributed by atoms with E-state index < -0.39 is 23.5 Å². The summed E-state index contributed by atoms with van der Waals surface area (Å²) in [5.74, 6) is -1.15. The quantitative estimate of drug-likeness (QED) is 0.408. The minimum atomic E-state index is -0.823. The van der Waals surface area contributed by atoms with Crippen LogP contribution in [0.1, 0.15) is 65.4 Å². The van der Waals surface area contributed by atoms with Gasteiger partial charge in [-0.2, -0.15) is 5.26 Å². The number of nitriles is 1. The molecule has 8 unspecified atom stereocenters. The molecule has 0 spiro atoms. The van der Waals surface area contributed by atoms with Crippen molar-refractivity contribution in [3.05, 3.63) is 34.3 Å². The molecule has 1 aromatic rings. The highest BCUT2D eigenvalue weighted by molar-refractivity contribution is 9.10. The lowest BCUT2D eigenvalue weighted by Gasteiger charge is -2.38. The van der Waals surface area contributed by atoms with Crippen LogP contribution in [0.2, 0.25) is 0 Å². The highest BCUT2D eigenvalue weighted by Crippen LogP contribution is 2.65. The number of likely N-dealkylation sites (tertiary alicyclic amines) is 1. The van der Waals surface area contributed by atoms with E-state index in [4.69, 9.17) is 0 Å². The maximum absolute atomic E-state index is 14.2. The molecule has 5 rings (SSSR count). The van der Waals surface area contributed by atoms with Crippen LogP contribution < -0.4 is 16.0 Å². The molecule has 8 atom stereocenters. The Morgan fingerprint density at radius 2 is 1.90 bits per heavy atom. The van der Waals surface area contributed by atoms with Gasteiger partial charge < -0.3 is 20.9 Å². The van der Waals surface area contributed by atoms with Gasteiger partial charge in [-0.3, -0.25) is 19.2 Å². The smallest absolute Gasteiger partial charge is 0.246 e. The Labute approximate surface area is 250 Å². The number of hydrogen-bond donors (Lipinski definition) is 3. The van der Waals surface area contributed by atoms with E-state index in [1.165, 1.54) is 0 Å². The number of rotatable bonds is 8. The summed E-state index contributed by atoms with van der Waals surface area (Å²) in [6, 6.07) is 7.66. The van der Waals surface area contributed by atoms with Crippen molar-refractivity contribution in [2.24, 2.45) is 34.5 Å². The van der Waals surface area contributed by atoms with Gasteiger partial charge in [0, 0.05) is 29.4 Å². The molecule has 2 saturated heterocycles. The second-order valence-electron chi connectivity index (χ2n) is 13.9. The van der Waals surface area contributed by atoms with E-state index in [1.807, 2.05) is 45.0 Å². The highest BCUT2D eigenvalue weighted by atomic mass is 79.9. The normalized spacial score (nSPS) is 30.9. The molecule has 3 N–H and O–H groups in total. The van der Waals surface area contributed by atoms with Gasteiger partial charge in [0.2, 0.25) is 23.6 Å². The van der Waals surface area contributed by atoms with E-state index in [0.717, 1.165) is 16.5 Å². The van der Waals surface area contributed by atoms with E-state index in [2.05, 4.69) is 51.8 Å². The molecule has 0 bridgehead atoms. The van der Waals surface area contributed by atoms with Gasteiger partial charge in [0.1, 0.15) is 18.1 Å². The van der Waals surface area contributed by atoms with E-state index in [9.17, 15) is 24.4 Å². The molecule has 1 aromatic carbocycles. The van der Waals surface area contributed by atoms with Crippen molar-refractivity contribution < 1.29 is 19.2 Å². The average Bonchev–Trinajstić information content (AvgIpc) is 3.65. The summed E-state index contributed by atoms with van der Waals surface area (Å²) < 4.78 is 0.973. The zero-order valence-electron chi connectivity index (χ0n) is 24.4. The monoisotopic (exact) mass is 625 g/mol. The van der Waals surface area contributed by atoms with E-state index in [1.54, 1.807) is 4.90 Å². The maximum atomic E-state index is 14.2. The Hall–Kier alpha value is -2.93. The van der Waals surface area contributed by atoms with Crippen LogP contribution in [-0.2, 0) is 19.2 Å². The lowest BCUT2D eigenvalue weighted by atomic mass is 9.85. The molecular formula is C31H40BrN5O4. The Kier molecular flexibility index (Phi) is 7.73. The topological polar surface area (TPSA) is 131 Å². The van der Waals surface area contributed by atoms with E-state index in [0.29, 0.717) is 19.5 Å². The molecule has 9 nitrogen and oxygen atoms in total. The molecular weight excluding hydrogens is 586 g/mol. The fraction of sp³-hybridized carbons (Fsp3) is 0.645. The number of nitrogens with zero attached hydrogens (tertiary/aromatic N) is 2. The fourth-order valence-corrected chi connectivity index (χ4v) is 7.62. The van der Waals surface area contributed by atoms with Crippen LogP contribution in [0.3, 0.4) is 0 Å². The minimum Gasteiger partial charge on any atom is -0.356 e. The van der Waals surface area contributed by atoms with Crippen molar-refractivity contribution in [2.75, 3.05) is 13.1 Å². The van der Waals surface area contributed by atoms with Crippen molar-refractivity contribution >= 4 is 39.6 Å². The number of fused-ring (bicyclic) bond motifs is 1. The third-order valence-electron chi connectivity index (χ3n) is 9.75. The molecule has 0 radical (unpaired) electrons. The largest absolute Gasteiger partial charge is 0.356 e. The lowest BCUT2D eigenvalue weighted by molar-refractivity contribution is -0.145. The number of benzene rings is 1. The van der Waals surface area contributed by atoms with Crippen LogP contribution in [0.4, 0.5) is 0 Å². The molecule has 41 heavy (non-hydrogen) atoms. The number of piperidine rings is 1. The second kappa shape index (κ2) is 10.7. The predicted molar refractivity (Wildman–Crippen MR) is 156 cm³/mol. The Morgan fingerprint density at radius 3 is 2.51 bits per heavy atom. The van der Waals surface area contributed by atoms with Gasteiger partial charge in [0.15, 0.2) is 0 Å². The summed E-state index contributed by atoms with van der Waals surface area (Å²) in [6.45, 7) is 11.0. The summed E-state index contributed by atoms with van der Waals surface area (Å²) in [7, 11) is 0. The third-order valence-corrected chi connectivity index (χ3v) is 10.5. The molecule has 4 amide bonds. The van der Waals surface area contributed by atoms with Gasteiger partial charge >= 0.3 is 0 Å². The van der Waals surface area contributed by atoms with Crippen molar-refractivity contribution in [1.29, 1.82) is 5.26 Å². The molecule has 0 aromatic heterocycles. The van der Waals surface area contributed by atoms with Crippen molar-refractivity contribution in [3.63, 3.8) is 0 Å². The molecule has 4 fully saturated rings. The number of halogens is 1. The standard InChI is InChI=1S/C31H40BrN5O4/c1-30(2,3)25(36-27(39)20-13-19(20)18-8-6-7-9-22(18)32)29(41)37-15-21-23(31(21,4)5)24(37)28(40)35-17(14-33)12-16-10-11-34-26(16)38/h6-9,16-17,19-21,23-25H,10-13,15H2,1-5H3,(H,34,38)(H,35,40)(H,36,39). The summed E-state index contributed by atoms with van der Waals surface area (Å²) in [4.78, 5) is 54.9.